The molecule has 8 nitrogen and oxygen atoms in total. The molecule has 0 saturated carbocycles. The van der Waals surface area contributed by atoms with E-state index in [-0.39, 0.29) is 17.2 Å². The molecule has 8 heteroatoms. The Labute approximate surface area is 166 Å². The minimum atomic E-state index is -0.340. The maximum Gasteiger partial charge on any atom is 0.230 e. The van der Waals surface area contributed by atoms with Crippen molar-refractivity contribution in [2.24, 2.45) is 12.5 Å². The van der Waals surface area contributed by atoms with E-state index >= 15 is 0 Å². The molecule has 4 heterocycles. The van der Waals surface area contributed by atoms with Gasteiger partial charge in [-0.3, -0.25) is 19.2 Å². The summed E-state index contributed by atoms with van der Waals surface area (Å²) in [6.07, 6.45) is 4.61. The van der Waals surface area contributed by atoms with Crippen molar-refractivity contribution < 1.29 is 14.3 Å². The Hall–Kier alpha value is -1.93. The summed E-state index contributed by atoms with van der Waals surface area (Å²) in [6, 6.07) is 1.95. The lowest BCUT2D eigenvalue weighted by Gasteiger charge is -2.29. The monoisotopic (exact) mass is 389 g/mol. The minimum Gasteiger partial charge on any atom is -0.379 e. The van der Waals surface area contributed by atoms with Crippen LogP contribution in [0.25, 0.3) is 0 Å². The highest BCUT2D eigenvalue weighted by molar-refractivity contribution is 5.87. The van der Waals surface area contributed by atoms with Crippen LogP contribution in [0.5, 0.6) is 0 Å². The Morgan fingerprint density at radius 3 is 2.71 bits per heavy atom. The van der Waals surface area contributed by atoms with E-state index in [0.29, 0.717) is 25.9 Å². The van der Waals surface area contributed by atoms with Crippen LogP contribution in [0.4, 0.5) is 0 Å². The van der Waals surface area contributed by atoms with Crippen molar-refractivity contribution in [2.45, 2.75) is 25.7 Å². The van der Waals surface area contributed by atoms with Crippen LogP contribution in [0.2, 0.25) is 0 Å². The van der Waals surface area contributed by atoms with Crippen molar-refractivity contribution >= 4 is 11.8 Å². The van der Waals surface area contributed by atoms with E-state index in [9.17, 15) is 9.59 Å². The number of hydrogen-bond donors (Lipinski definition) is 0. The Morgan fingerprint density at radius 1 is 1.18 bits per heavy atom. The van der Waals surface area contributed by atoms with E-state index in [2.05, 4.69) is 10.00 Å². The van der Waals surface area contributed by atoms with Crippen LogP contribution in [0.15, 0.2) is 12.3 Å². The fraction of sp³-hybridized carbons (Fsp3) is 0.750. The van der Waals surface area contributed by atoms with Crippen molar-refractivity contribution in [1.82, 2.24) is 24.5 Å². The first-order valence-corrected chi connectivity index (χ1v) is 10.4. The summed E-state index contributed by atoms with van der Waals surface area (Å²) in [5.74, 6) is 0.403. The number of carbonyl (C=O) groups excluding carboxylic acids is 2. The summed E-state index contributed by atoms with van der Waals surface area (Å²) in [5, 5.41) is 4.15. The summed E-state index contributed by atoms with van der Waals surface area (Å²) in [6.45, 7) is 7.28. The molecule has 3 saturated heterocycles. The third-order valence-electron chi connectivity index (χ3n) is 6.61. The standard InChI is InChI=1S/C20H31N5O3/c1-22-17(4-7-21-22)2-3-18(26)25-9-6-20(16-25)5-8-24(19(20)27)11-10-23-12-14-28-15-13-23/h4,7H,2-3,5-6,8-16H2,1H3. The van der Waals surface area contributed by atoms with Gasteiger partial charge in [-0.25, -0.2) is 0 Å². The topological polar surface area (TPSA) is 70.9 Å². The van der Waals surface area contributed by atoms with E-state index < -0.39 is 0 Å². The maximum atomic E-state index is 13.1. The van der Waals surface area contributed by atoms with Crippen LogP contribution in [-0.2, 0) is 27.8 Å². The molecule has 154 valence electrons. The average molecular weight is 390 g/mol. The predicted molar refractivity (Wildman–Crippen MR) is 104 cm³/mol. The highest BCUT2D eigenvalue weighted by Gasteiger charge is 2.51. The fourth-order valence-electron chi connectivity index (χ4n) is 4.70. The fourth-order valence-corrected chi connectivity index (χ4v) is 4.70. The third kappa shape index (κ3) is 3.93. The highest BCUT2D eigenvalue weighted by atomic mass is 16.5. The third-order valence-corrected chi connectivity index (χ3v) is 6.61. The van der Waals surface area contributed by atoms with Crippen LogP contribution in [-0.4, -0.2) is 95.3 Å². The number of ether oxygens (including phenoxy) is 1. The molecule has 3 aliphatic heterocycles. The normalized spacial score (nSPS) is 26.0. The zero-order valence-corrected chi connectivity index (χ0v) is 16.8. The molecule has 28 heavy (non-hydrogen) atoms. The Morgan fingerprint density at radius 2 is 1.96 bits per heavy atom. The molecule has 2 amide bonds. The predicted octanol–water partition coefficient (Wildman–Crippen LogP) is 0.136. The molecule has 1 unspecified atom stereocenters. The first-order valence-electron chi connectivity index (χ1n) is 10.4. The number of likely N-dealkylation sites (tertiary alicyclic amines) is 2. The van der Waals surface area contributed by atoms with Gasteiger partial charge in [0.05, 0.1) is 18.6 Å². The molecule has 1 aromatic rings. The number of rotatable bonds is 6. The van der Waals surface area contributed by atoms with Gasteiger partial charge in [0.25, 0.3) is 0 Å². The van der Waals surface area contributed by atoms with E-state index in [0.717, 1.165) is 64.5 Å². The SMILES string of the molecule is Cn1nccc1CCC(=O)N1CCC2(CCN(CCN3CCOCC3)C2=O)C1. The number of morpholine rings is 1. The lowest BCUT2D eigenvalue weighted by Crippen LogP contribution is -2.43. The number of aryl methyl sites for hydroxylation is 2. The van der Waals surface area contributed by atoms with Gasteiger partial charge >= 0.3 is 0 Å². The van der Waals surface area contributed by atoms with Crippen LogP contribution >= 0.6 is 0 Å². The summed E-state index contributed by atoms with van der Waals surface area (Å²) in [5.41, 5.74) is 0.723. The van der Waals surface area contributed by atoms with E-state index in [1.54, 1.807) is 6.20 Å². The molecular weight excluding hydrogens is 358 g/mol. The number of hydrogen-bond acceptors (Lipinski definition) is 5. The Balaban J connectivity index is 1.27. The van der Waals surface area contributed by atoms with Gasteiger partial charge in [0.15, 0.2) is 0 Å². The molecule has 0 aromatic carbocycles. The van der Waals surface area contributed by atoms with Gasteiger partial charge in [-0.15, -0.1) is 0 Å². The first-order chi connectivity index (χ1) is 13.6. The summed E-state index contributed by atoms with van der Waals surface area (Å²) in [7, 11) is 1.90. The second-order valence-corrected chi connectivity index (χ2v) is 8.29. The van der Waals surface area contributed by atoms with Crippen molar-refractivity contribution in [1.29, 1.82) is 0 Å². The number of aromatic nitrogens is 2. The zero-order chi connectivity index (χ0) is 19.6. The molecule has 0 aliphatic carbocycles. The van der Waals surface area contributed by atoms with Crippen molar-refractivity contribution in [3.05, 3.63) is 18.0 Å². The van der Waals surface area contributed by atoms with Crippen LogP contribution < -0.4 is 0 Å². The van der Waals surface area contributed by atoms with Gasteiger partial charge in [-0.2, -0.15) is 5.10 Å². The summed E-state index contributed by atoms with van der Waals surface area (Å²) < 4.78 is 7.20. The number of nitrogens with zero attached hydrogens (tertiary/aromatic N) is 5. The molecule has 0 N–H and O–H groups in total. The largest absolute Gasteiger partial charge is 0.379 e. The molecule has 0 radical (unpaired) electrons. The van der Waals surface area contributed by atoms with Crippen LogP contribution in [0, 0.1) is 5.41 Å². The van der Waals surface area contributed by atoms with Gasteiger partial charge in [0, 0.05) is 71.2 Å². The smallest absolute Gasteiger partial charge is 0.230 e. The van der Waals surface area contributed by atoms with Gasteiger partial charge in [-0.1, -0.05) is 0 Å². The average Bonchev–Trinajstić information content (AvgIpc) is 3.41. The quantitative estimate of drug-likeness (QED) is 0.692. The second-order valence-electron chi connectivity index (χ2n) is 8.29. The highest BCUT2D eigenvalue weighted by Crippen LogP contribution is 2.40. The van der Waals surface area contributed by atoms with E-state index in [4.69, 9.17) is 4.74 Å². The molecule has 1 spiro atoms. The van der Waals surface area contributed by atoms with Crippen molar-refractivity contribution in [3.63, 3.8) is 0 Å². The maximum absolute atomic E-state index is 13.1. The summed E-state index contributed by atoms with van der Waals surface area (Å²) >= 11 is 0. The molecular formula is C20H31N5O3. The first kappa shape index (κ1) is 19.4. The molecule has 1 atom stereocenters. The van der Waals surface area contributed by atoms with Crippen LogP contribution in [0.3, 0.4) is 0 Å². The molecule has 0 bridgehead atoms. The van der Waals surface area contributed by atoms with Gasteiger partial charge < -0.3 is 14.5 Å². The van der Waals surface area contributed by atoms with Gasteiger partial charge in [0.1, 0.15) is 0 Å². The molecule has 4 rings (SSSR count). The van der Waals surface area contributed by atoms with Crippen LogP contribution in [0.1, 0.15) is 25.0 Å². The molecule has 3 fully saturated rings. The molecule has 3 aliphatic rings. The summed E-state index contributed by atoms with van der Waals surface area (Å²) in [4.78, 5) is 32.0. The second kappa shape index (κ2) is 8.21. The van der Waals surface area contributed by atoms with E-state index in [1.807, 2.05) is 27.6 Å². The zero-order valence-electron chi connectivity index (χ0n) is 16.8. The lowest BCUT2D eigenvalue weighted by molar-refractivity contribution is -0.136. The minimum absolute atomic E-state index is 0.151. The van der Waals surface area contributed by atoms with Gasteiger partial charge in [-0.05, 0) is 25.3 Å². The Kier molecular flexibility index (Phi) is 5.68. The van der Waals surface area contributed by atoms with Gasteiger partial charge in [0.2, 0.25) is 11.8 Å². The molecule has 1 aromatic heterocycles. The van der Waals surface area contributed by atoms with Crippen molar-refractivity contribution in [2.75, 3.05) is 59.0 Å². The lowest BCUT2D eigenvalue weighted by atomic mass is 9.85. The van der Waals surface area contributed by atoms with Crippen molar-refractivity contribution in [3.8, 4) is 0 Å². The Bertz CT molecular complexity index is 714. The van der Waals surface area contributed by atoms with E-state index in [1.165, 1.54) is 0 Å². The number of carbonyl (C=O) groups is 2. The number of amides is 2.